The number of nitrogens with two attached hydrogens (primary N) is 1. The Morgan fingerprint density at radius 1 is 1.05 bits per heavy atom. The molecule has 2 N–H and O–H groups in total. The predicted molar refractivity (Wildman–Crippen MR) is 67.9 cm³/mol. The average Bonchev–Trinajstić information content (AvgIpc) is 2.33. The summed E-state index contributed by atoms with van der Waals surface area (Å²) in [5, 5.41) is -0.0879. The fourth-order valence-electron chi connectivity index (χ4n) is 1.65. The lowest BCUT2D eigenvalue weighted by atomic mass is 10.0. The van der Waals surface area contributed by atoms with Crippen molar-refractivity contribution in [3.8, 4) is 16.9 Å². The molecule has 0 atom stereocenters. The minimum absolute atomic E-state index is 0.0879. The van der Waals surface area contributed by atoms with E-state index in [0.717, 1.165) is 18.2 Å². The van der Waals surface area contributed by atoms with Gasteiger partial charge in [0.05, 0.1) is 5.02 Å². The minimum atomic E-state index is -4.81. The molecule has 0 aliphatic carbocycles. The molecule has 2 nitrogen and oxygen atoms in total. The van der Waals surface area contributed by atoms with Crippen molar-refractivity contribution in [3.05, 3.63) is 47.2 Å². The third kappa shape index (κ3) is 3.33. The number of alkyl halides is 3. The highest BCUT2D eigenvalue weighted by molar-refractivity contribution is 6.30. The molecule has 20 heavy (non-hydrogen) atoms. The van der Waals surface area contributed by atoms with Gasteiger partial charge in [-0.15, -0.1) is 13.2 Å². The molecule has 106 valence electrons. The Kier molecular flexibility index (Phi) is 3.76. The summed E-state index contributed by atoms with van der Waals surface area (Å²) in [7, 11) is 0. The first kappa shape index (κ1) is 14.5. The van der Waals surface area contributed by atoms with Gasteiger partial charge in [0.2, 0.25) is 0 Å². The van der Waals surface area contributed by atoms with Crippen LogP contribution < -0.4 is 10.5 Å². The van der Waals surface area contributed by atoms with Gasteiger partial charge in [-0.2, -0.15) is 0 Å². The molecule has 2 aromatic carbocycles. The number of hydrogen-bond donors (Lipinski definition) is 1. The molecule has 2 rings (SSSR count). The second-order valence-corrected chi connectivity index (χ2v) is 4.33. The summed E-state index contributed by atoms with van der Waals surface area (Å²) in [6.45, 7) is 0. The van der Waals surface area contributed by atoms with Gasteiger partial charge < -0.3 is 10.5 Å². The Morgan fingerprint density at radius 2 is 1.75 bits per heavy atom. The predicted octanol–water partition coefficient (Wildman–Crippen LogP) is 4.63. The lowest BCUT2D eigenvalue weighted by Crippen LogP contribution is -2.17. The van der Waals surface area contributed by atoms with Gasteiger partial charge in [-0.05, 0) is 35.9 Å². The van der Waals surface area contributed by atoms with Crippen molar-refractivity contribution in [1.29, 1.82) is 0 Å². The number of benzene rings is 2. The Morgan fingerprint density at radius 3 is 2.35 bits per heavy atom. The van der Waals surface area contributed by atoms with E-state index in [-0.39, 0.29) is 16.3 Å². The molecule has 0 spiro atoms. The summed E-state index contributed by atoms with van der Waals surface area (Å²) in [6, 6.07) is 7.26. The molecule has 7 heteroatoms. The van der Waals surface area contributed by atoms with Crippen LogP contribution in [0.2, 0.25) is 5.02 Å². The van der Waals surface area contributed by atoms with E-state index in [0.29, 0.717) is 5.56 Å². The van der Waals surface area contributed by atoms with Crippen LogP contribution in [-0.4, -0.2) is 6.36 Å². The van der Waals surface area contributed by atoms with Gasteiger partial charge in [0.25, 0.3) is 0 Å². The zero-order valence-corrected chi connectivity index (χ0v) is 10.6. The van der Waals surface area contributed by atoms with Crippen molar-refractivity contribution in [3.63, 3.8) is 0 Å². The lowest BCUT2D eigenvalue weighted by Gasteiger charge is -2.12. The topological polar surface area (TPSA) is 35.2 Å². The van der Waals surface area contributed by atoms with Crippen molar-refractivity contribution in [2.45, 2.75) is 6.36 Å². The SMILES string of the molecule is Nc1ccc(OC(F)(F)F)cc1-c1ccc(Cl)c(F)c1. The second kappa shape index (κ2) is 5.20. The smallest absolute Gasteiger partial charge is 0.406 e. The van der Waals surface area contributed by atoms with E-state index in [4.69, 9.17) is 17.3 Å². The summed E-state index contributed by atoms with van der Waals surface area (Å²) in [6.07, 6.45) is -4.81. The molecule has 0 aliphatic heterocycles. The van der Waals surface area contributed by atoms with Gasteiger partial charge in [-0.1, -0.05) is 17.7 Å². The summed E-state index contributed by atoms with van der Waals surface area (Å²) in [5.41, 5.74) is 6.40. The standard InChI is InChI=1S/C13H8ClF4NO/c14-10-3-1-7(5-11(10)15)9-6-8(2-4-12(9)19)20-13(16,17)18/h1-6H,19H2. The highest BCUT2D eigenvalue weighted by atomic mass is 35.5. The van der Waals surface area contributed by atoms with Crippen LogP contribution in [0.3, 0.4) is 0 Å². The van der Waals surface area contributed by atoms with Crippen molar-refractivity contribution in [1.82, 2.24) is 0 Å². The molecule has 0 saturated carbocycles. The van der Waals surface area contributed by atoms with E-state index in [9.17, 15) is 17.6 Å². The van der Waals surface area contributed by atoms with Crippen LogP contribution >= 0.6 is 11.6 Å². The number of hydrogen-bond acceptors (Lipinski definition) is 2. The highest BCUT2D eigenvalue weighted by Crippen LogP contribution is 2.33. The van der Waals surface area contributed by atoms with Gasteiger partial charge in [0.15, 0.2) is 0 Å². The fraction of sp³-hybridized carbons (Fsp3) is 0.0769. The summed E-state index contributed by atoms with van der Waals surface area (Å²) in [4.78, 5) is 0. The van der Waals surface area contributed by atoms with Crippen LogP contribution in [-0.2, 0) is 0 Å². The number of halogens is 5. The van der Waals surface area contributed by atoms with Crippen LogP contribution in [0.25, 0.3) is 11.1 Å². The number of anilines is 1. The van der Waals surface area contributed by atoms with E-state index in [1.54, 1.807) is 0 Å². The van der Waals surface area contributed by atoms with Gasteiger partial charge in [-0.25, -0.2) is 4.39 Å². The zero-order valence-electron chi connectivity index (χ0n) is 9.84. The molecule has 0 fully saturated rings. The molecular formula is C13H8ClF4NO. The summed E-state index contributed by atoms with van der Waals surface area (Å²) in [5.74, 6) is -1.12. The maximum Gasteiger partial charge on any atom is 0.573 e. The van der Waals surface area contributed by atoms with Crippen LogP contribution in [0.15, 0.2) is 36.4 Å². The molecule has 0 radical (unpaired) electrons. The Bertz CT molecular complexity index is 643. The average molecular weight is 306 g/mol. The summed E-state index contributed by atoms with van der Waals surface area (Å²) < 4.78 is 53.7. The van der Waals surface area contributed by atoms with Crippen molar-refractivity contribution in [2.24, 2.45) is 0 Å². The molecule has 0 saturated heterocycles. The molecule has 0 bridgehead atoms. The van der Waals surface area contributed by atoms with Crippen molar-refractivity contribution < 1.29 is 22.3 Å². The van der Waals surface area contributed by atoms with Crippen LogP contribution in [0.1, 0.15) is 0 Å². The Hall–Kier alpha value is -1.95. The highest BCUT2D eigenvalue weighted by Gasteiger charge is 2.31. The van der Waals surface area contributed by atoms with Gasteiger partial charge in [-0.3, -0.25) is 0 Å². The molecule has 0 amide bonds. The quantitative estimate of drug-likeness (QED) is 0.648. The molecule has 0 aromatic heterocycles. The minimum Gasteiger partial charge on any atom is -0.406 e. The first-order chi connectivity index (χ1) is 9.26. The first-order valence-corrected chi connectivity index (χ1v) is 5.75. The Labute approximate surface area is 116 Å². The van der Waals surface area contributed by atoms with Crippen molar-refractivity contribution >= 4 is 17.3 Å². The van der Waals surface area contributed by atoms with Crippen LogP contribution in [0.4, 0.5) is 23.2 Å². The number of rotatable bonds is 2. The third-order valence-corrected chi connectivity index (χ3v) is 2.80. The fourth-order valence-corrected chi connectivity index (χ4v) is 1.76. The van der Waals surface area contributed by atoms with Crippen LogP contribution in [0, 0.1) is 5.82 Å². The summed E-state index contributed by atoms with van der Waals surface area (Å²) >= 11 is 5.55. The van der Waals surface area contributed by atoms with Gasteiger partial charge in [0.1, 0.15) is 11.6 Å². The maximum absolute atomic E-state index is 13.4. The van der Waals surface area contributed by atoms with E-state index in [1.807, 2.05) is 0 Å². The number of nitrogen functional groups attached to an aromatic ring is 1. The van der Waals surface area contributed by atoms with E-state index >= 15 is 0 Å². The molecule has 0 heterocycles. The molecule has 0 aliphatic rings. The third-order valence-electron chi connectivity index (χ3n) is 2.49. The first-order valence-electron chi connectivity index (χ1n) is 5.37. The molecule has 2 aromatic rings. The maximum atomic E-state index is 13.4. The number of ether oxygens (including phenoxy) is 1. The van der Waals surface area contributed by atoms with Crippen molar-refractivity contribution in [2.75, 3.05) is 5.73 Å². The lowest BCUT2D eigenvalue weighted by molar-refractivity contribution is -0.274. The second-order valence-electron chi connectivity index (χ2n) is 3.93. The monoisotopic (exact) mass is 305 g/mol. The van der Waals surface area contributed by atoms with Gasteiger partial charge >= 0.3 is 6.36 Å². The van der Waals surface area contributed by atoms with Crippen LogP contribution in [0.5, 0.6) is 5.75 Å². The normalized spacial score (nSPS) is 11.4. The largest absolute Gasteiger partial charge is 0.573 e. The zero-order chi connectivity index (χ0) is 14.9. The van der Waals surface area contributed by atoms with Gasteiger partial charge in [0, 0.05) is 11.3 Å². The van der Waals surface area contributed by atoms with E-state index in [1.165, 1.54) is 18.2 Å². The van der Waals surface area contributed by atoms with E-state index < -0.39 is 17.9 Å². The molecular weight excluding hydrogens is 298 g/mol. The van der Waals surface area contributed by atoms with E-state index in [2.05, 4.69) is 4.74 Å². The molecule has 0 unspecified atom stereocenters. The Balaban J connectivity index is 2.45.